The Morgan fingerprint density at radius 3 is 0.222 bits per heavy atom. The summed E-state index contributed by atoms with van der Waals surface area (Å²) in [4.78, 5) is 0. The summed E-state index contributed by atoms with van der Waals surface area (Å²) >= 11 is 0. The summed E-state index contributed by atoms with van der Waals surface area (Å²) in [5.41, 5.74) is 0. The van der Waals surface area contributed by atoms with E-state index in [4.69, 9.17) is 0 Å². The van der Waals surface area contributed by atoms with Crippen molar-refractivity contribution >= 4 is 191 Å². The van der Waals surface area contributed by atoms with Crippen molar-refractivity contribution in [1.82, 2.24) is 0 Å². The van der Waals surface area contributed by atoms with Crippen molar-refractivity contribution in [2.75, 3.05) is 0 Å². The number of hydrogen-bond acceptors (Lipinski definition) is 0. The van der Waals surface area contributed by atoms with Gasteiger partial charge in [0.25, 0.3) is 0 Å². The van der Waals surface area contributed by atoms with E-state index < -0.39 is 0 Å². The molecule has 0 aliphatic rings. The SMILES string of the molecule is [Hg].[Sn].[Sn].[Sn].[Sn].[Sn].[Sn].[Sn].[Sn]. The molecule has 0 saturated heterocycles. The molecule has 9 heavy (non-hydrogen) atoms. The molecular formula is HgSn8. The van der Waals surface area contributed by atoms with Gasteiger partial charge in [0.15, 0.2) is 0 Å². The molecule has 9 heteroatoms. The van der Waals surface area contributed by atoms with Crippen molar-refractivity contribution in [3.05, 3.63) is 0 Å². The first-order valence-corrected chi connectivity index (χ1v) is 0. The van der Waals surface area contributed by atoms with Crippen LogP contribution in [0.2, 0.25) is 0 Å². The molecule has 0 bridgehead atoms. The first-order chi connectivity index (χ1) is 0. The Balaban J connectivity index is 0. The normalized spacial score (nSPS) is 0. The minimum absolute atomic E-state index is 0. The summed E-state index contributed by atoms with van der Waals surface area (Å²) in [6.07, 6.45) is 0. The molecule has 0 amide bonds. The Labute approximate surface area is 213 Å². The predicted octanol–water partition coefficient (Wildman–Crippen LogP) is -3.05. The third-order valence-corrected chi connectivity index (χ3v) is 0. The van der Waals surface area contributed by atoms with E-state index in [-0.39, 0.29) is 219 Å². The molecule has 0 N–H and O–H groups in total. The second kappa shape index (κ2) is 58.6. The second-order valence-electron chi connectivity index (χ2n) is 0. The van der Waals surface area contributed by atoms with Gasteiger partial charge in [-0.25, -0.2) is 0 Å². The molecule has 0 atom stereocenters. The minimum atomic E-state index is 0. The Morgan fingerprint density at radius 1 is 0.222 bits per heavy atom. The maximum Gasteiger partial charge on any atom is 0 e. The maximum absolute atomic E-state index is 0. The topological polar surface area (TPSA) is 0 Å². The van der Waals surface area contributed by atoms with Gasteiger partial charge in [-0.15, -0.1) is 0 Å². The van der Waals surface area contributed by atoms with Gasteiger partial charge in [-0.1, -0.05) is 0 Å². The van der Waals surface area contributed by atoms with Gasteiger partial charge in [0.2, 0.25) is 0 Å². The van der Waals surface area contributed by atoms with E-state index >= 15 is 0 Å². The van der Waals surface area contributed by atoms with Crippen LogP contribution in [0.1, 0.15) is 0 Å². The molecule has 0 unspecified atom stereocenters. The average Bonchev–Trinajstić information content (AvgIpc) is 0. The maximum atomic E-state index is 0. The molecule has 0 aromatic rings. The van der Waals surface area contributed by atoms with Crippen LogP contribution in [0.4, 0.5) is 0 Å². The Hall–Kier alpha value is 7.32. The van der Waals surface area contributed by atoms with Crippen molar-refractivity contribution < 1.29 is 27.7 Å². The molecule has 0 saturated carbocycles. The van der Waals surface area contributed by atoms with E-state index in [9.17, 15) is 0 Å². The Bertz CT molecular complexity index is 4.53. The molecule has 0 spiro atoms. The third-order valence-electron chi connectivity index (χ3n) is 0. The zero-order valence-corrected chi connectivity index (χ0v) is 33.0. The van der Waals surface area contributed by atoms with Crippen LogP contribution in [-0.4, -0.2) is 191 Å². The summed E-state index contributed by atoms with van der Waals surface area (Å²) in [6.45, 7) is 0. The van der Waals surface area contributed by atoms with Gasteiger partial charge < -0.3 is 0 Å². The molecule has 0 aliphatic carbocycles. The standard InChI is InChI=1S/Hg.8Sn. The Morgan fingerprint density at radius 2 is 0.222 bits per heavy atom. The van der Waals surface area contributed by atoms with E-state index in [2.05, 4.69) is 0 Å². The van der Waals surface area contributed by atoms with Crippen molar-refractivity contribution in [2.45, 2.75) is 0 Å². The summed E-state index contributed by atoms with van der Waals surface area (Å²) in [7, 11) is 0. The van der Waals surface area contributed by atoms with Gasteiger partial charge in [0.05, 0.1) is 0 Å². The van der Waals surface area contributed by atoms with E-state index in [0.717, 1.165) is 0 Å². The first kappa shape index (κ1) is 71.5. The molecule has 34 valence electrons. The van der Waals surface area contributed by atoms with Gasteiger partial charge in [0, 0.05) is 219 Å². The Kier molecular flexibility index (Phi) is 465. The van der Waals surface area contributed by atoms with Crippen LogP contribution < -0.4 is 0 Å². The molecule has 0 aromatic heterocycles. The van der Waals surface area contributed by atoms with Gasteiger partial charge in [0.1, 0.15) is 0 Å². The molecule has 0 aromatic carbocycles. The van der Waals surface area contributed by atoms with Crippen molar-refractivity contribution in [1.29, 1.82) is 0 Å². The summed E-state index contributed by atoms with van der Waals surface area (Å²) in [5.74, 6) is 0. The summed E-state index contributed by atoms with van der Waals surface area (Å²) < 4.78 is 0. The van der Waals surface area contributed by atoms with Crippen LogP contribution in [0.3, 0.4) is 0 Å². The van der Waals surface area contributed by atoms with Gasteiger partial charge in [-0.3, -0.25) is 0 Å². The van der Waals surface area contributed by atoms with Crippen LogP contribution in [-0.2, 0) is 27.7 Å². The second-order valence-corrected chi connectivity index (χ2v) is 0. The van der Waals surface area contributed by atoms with E-state index in [0.29, 0.717) is 0 Å². The monoisotopic (exact) mass is 1160 g/mol. The molecule has 0 fully saturated rings. The van der Waals surface area contributed by atoms with Crippen LogP contribution in [0.25, 0.3) is 0 Å². The zero-order chi connectivity index (χ0) is 0. The number of hydrogen-bond donors (Lipinski definition) is 0. The van der Waals surface area contributed by atoms with E-state index in [1.54, 1.807) is 0 Å². The molecule has 0 aliphatic heterocycles. The van der Waals surface area contributed by atoms with Crippen molar-refractivity contribution in [2.24, 2.45) is 0 Å². The van der Waals surface area contributed by atoms with Crippen LogP contribution in [0, 0.1) is 0 Å². The fraction of sp³-hybridized carbons (Fsp3) is 0. The largest absolute Gasteiger partial charge is 0 e. The molecule has 32 radical (unpaired) electrons. The van der Waals surface area contributed by atoms with Crippen LogP contribution in [0.5, 0.6) is 0 Å². The quantitative estimate of drug-likeness (QED) is 0.227. The predicted molar refractivity (Wildman–Crippen MR) is 46.0 cm³/mol. The van der Waals surface area contributed by atoms with Crippen molar-refractivity contribution in [3.63, 3.8) is 0 Å². The van der Waals surface area contributed by atoms with E-state index in [1.807, 2.05) is 0 Å². The van der Waals surface area contributed by atoms with Gasteiger partial charge in [-0.05, 0) is 0 Å². The van der Waals surface area contributed by atoms with Crippen molar-refractivity contribution in [3.8, 4) is 0 Å². The molecule has 0 nitrogen and oxygen atoms in total. The summed E-state index contributed by atoms with van der Waals surface area (Å²) in [5, 5.41) is 0. The molecular weight excluding hydrogens is 1150 g/mol. The minimum Gasteiger partial charge on any atom is 0 e. The number of rotatable bonds is 0. The fourth-order valence-corrected chi connectivity index (χ4v) is 0. The van der Waals surface area contributed by atoms with Crippen LogP contribution >= 0.6 is 0 Å². The molecule has 0 heterocycles. The van der Waals surface area contributed by atoms with Gasteiger partial charge in [-0.2, -0.15) is 0 Å². The summed E-state index contributed by atoms with van der Waals surface area (Å²) in [6, 6.07) is 0. The van der Waals surface area contributed by atoms with Gasteiger partial charge >= 0.3 is 0 Å². The van der Waals surface area contributed by atoms with E-state index in [1.165, 1.54) is 0 Å². The fourth-order valence-electron chi connectivity index (χ4n) is 0. The first-order valence-electron chi connectivity index (χ1n) is 0. The zero-order valence-electron chi connectivity index (χ0n) is 4.71. The third kappa shape index (κ3) is 50.7. The molecule has 0 rings (SSSR count). The average molecular weight is 1150 g/mol. The smallest absolute Gasteiger partial charge is 0 e. The van der Waals surface area contributed by atoms with Crippen LogP contribution in [0.15, 0.2) is 0 Å².